The van der Waals surface area contributed by atoms with Crippen molar-refractivity contribution in [2.45, 2.75) is 19.9 Å². The van der Waals surface area contributed by atoms with Crippen LogP contribution in [0, 0.1) is 7.14 Å². The third-order valence-corrected chi connectivity index (χ3v) is 6.37. The second-order valence-corrected chi connectivity index (χ2v) is 8.94. The number of thioether (sulfide) groups is 1. The lowest BCUT2D eigenvalue weighted by atomic mass is 9.95. The molecule has 27 heavy (non-hydrogen) atoms. The highest BCUT2D eigenvalue weighted by molar-refractivity contribution is 14.1. The SMILES string of the molecule is C=CCOc1c(I)cc([C@@H]2C(C(=O)OCC)=C(C)N=C3SC=CN32)cc1I. The average molecular weight is 608 g/mol. The van der Waals surface area contributed by atoms with Gasteiger partial charge in [0.05, 0.1) is 31.1 Å². The molecule has 0 fully saturated rings. The van der Waals surface area contributed by atoms with Crippen LogP contribution < -0.4 is 4.74 Å². The van der Waals surface area contributed by atoms with Crippen LogP contribution in [-0.2, 0) is 9.53 Å². The van der Waals surface area contributed by atoms with Gasteiger partial charge in [-0.2, -0.15) is 0 Å². The van der Waals surface area contributed by atoms with E-state index in [4.69, 9.17) is 9.47 Å². The van der Waals surface area contributed by atoms with Crippen molar-refractivity contribution in [2.24, 2.45) is 4.99 Å². The average Bonchev–Trinajstić information content (AvgIpc) is 3.07. The summed E-state index contributed by atoms with van der Waals surface area (Å²) in [6, 6.07) is 3.83. The highest BCUT2D eigenvalue weighted by Crippen LogP contribution is 2.43. The first-order valence-corrected chi connectivity index (χ1v) is 11.3. The molecule has 3 rings (SSSR count). The number of fused-ring (bicyclic) bond motifs is 1. The molecule has 0 N–H and O–H groups in total. The lowest BCUT2D eigenvalue weighted by Crippen LogP contribution is -2.34. The van der Waals surface area contributed by atoms with Crippen LogP contribution in [0.4, 0.5) is 0 Å². The molecule has 0 bridgehead atoms. The number of esters is 1. The number of rotatable bonds is 6. The number of halogens is 2. The van der Waals surface area contributed by atoms with Gasteiger partial charge in [-0.1, -0.05) is 24.4 Å². The Hall–Kier alpha value is -1.01. The van der Waals surface area contributed by atoms with Crippen molar-refractivity contribution in [3.05, 3.63) is 60.4 Å². The number of hydrogen-bond acceptors (Lipinski definition) is 6. The summed E-state index contributed by atoms with van der Waals surface area (Å²) in [5, 5.41) is 2.84. The number of carbonyl (C=O) groups is 1. The molecule has 0 saturated carbocycles. The van der Waals surface area contributed by atoms with E-state index in [0.717, 1.165) is 23.6 Å². The molecule has 2 heterocycles. The van der Waals surface area contributed by atoms with E-state index in [9.17, 15) is 4.79 Å². The lowest BCUT2D eigenvalue weighted by Gasteiger charge is -2.33. The minimum absolute atomic E-state index is 0.279. The maximum atomic E-state index is 12.7. The van der Waals surface area contributed by atoms with E-state index in [1.807, 2.05) is 30.4 Å². The molecule has 8 heteroatoms. The molecule has 1 aromatic rings. The molecule has 2 aliphatic rings. The number of benzene rings is 1. The van der Waals surface area contributed by atoms with Crippen molar-refractivity contribution in [3.63, 3.8) is 0 Å². The standard InChI is InChI=1S/C19H18I2N2O3S/c1-4-7-26-17-13(20)9-12(10-14(17)21)16-15(18(24)25-5-2)11(3)22-19-23(16)6-8-27-19/h4,6,8-10,16H,1,5,7H2,2-3H3/t16-/m1/s1. The number of ether oxygens (including phenoxy) is 2. The van der Waals surface area contributed by atoms with Crippen LogP contribution in [0.25, 0.3) is 0 Å². The number of hydrogen-bond donors (Lipinski definition) is 0. The third kappa shape index (κ3) is 4.21. The van der Waals surface area contributed by atoms with E-state index in [1.54, 1.807) is 17.8 Å². The Morgan fingerprint density at radius 1 is 1.41 bits per heavy atom. The van der Waals surface area contributed by atoms with Gasteiger partial charge < -0.3 is 14.4 Å². The van der Waals surface area contributed by atoms with E-state index in [-0.39, 0.29) is 12.0 Å². The Bertz CT molecular complexity index is 857. The van der Waals surface area contributed by atoms with Crippen molar-refractivity contribution >= 4 is 68.1 Å². The Balaban J connectivity index is 2.09. The zero-order valence-corrected chi connectivity index (χ0v) is 20.0. The topological polar surface area (TPSA) is 51.1 Å². The van der Waals surface area contributed by atoms with Gasteiger partial charge in [0, 0.05) is 6.20 Å². The highest BCUT2D eigenvalue weighted by atomic mass is 127. The Morgan fingerprint density at radius 3 is 2.74 bits per heavy atom. The van der Waals surface area contributed by atoms with Crippen LogP contribution >= 0.6 is 56.9 Å². The van der Waals surface area contributed by atoms with Crippen LogP contribution in [0.3, 0.4) is 0 Å². The summed E-state index contributed by atoms with van der Waals surface area (Å²) in [7, 11) is 0. The first-order valence-electron chi connectivity index (χ1n) is 8.28. The van der Waals surface area contributed by atoms with Gasteiger partial charge in [-0.15, -0.1) is 0 Å². The molecule has 1 aromatic carbocycles. The molecule has 0 radical (unpaired) electrons. The molecule has 0 unspecified atom stereocenters. The maximum absolute atomic E-state index is 12.7. The van der Waals surface area contributed by atoms with Gasteiger partial charge in [0.25, 0.3) is 0 Å². The fraction of sp³-hybridized carbons (Fsp3) is 0.263. The van der Waals surface area contributed by atoms with Crippen LogP contribution in [-0.4, -0.2) is 29.3 Å². The largest absolute Gasteiger partial charge is 0.487 e. The van der Waals surface area contributed by atoms with Crippen molar-refractivity contribution < 1.29 is 14.3 Å². The summed E-state index contributed by atoms with van der Waals surface area (Å²) < 4.78 is 13.1. The second-order valence-electron chi connectivity index (χ2n) is 5.74. The van der Waals surface area contributed by atoms with E-state index >= 15 is 0 Å². The van der Waals surface area contributed by atoms with Crippen molar-refractivity contribution in [1.82, 2.24) is 4.90 Å². The molecule has 0 amide bonds. The number of carbonyl (C=O) groups excluding carboxylic acids is 1. The molecule has 2 aliphatic heterocycles. The van der Waals surface area contributed by atoms with Gasteiger partial charge in [-0.25, -0.2) is 9.79 Å². The molecule has 0 aliphatic carbocycles. The summed E-state index contributed by atoms with van der Waals surface area (Å²) in [6.07, 6.45) is 3.68. The van der Waals surface area contributed by atoms with Gasteiger partial charge in [0.15, 0.2) is 5.17 Å². The van der Waals surface area contributed by atoms with Gasteiger partial charge in [-0.05, 0) is 82.1 Å². The Labute approximate surface area is 190 Å². The van der Waals surface area contributed by atoms with Crippen molar-refractivity contribution in [1.29, 1.82) is 0 Å². The zero-order valence-electron chi connectivity index (χ0n) is 14.9. The lowest BCUT2D eigenvalue weighted by molar-refractivity contribution is -0.139. The third-order valence-electron chi connectivity index (χ3n) is 4.00. The summed E-state index contributed by atoms with van der Waals surface area (Å²) in [4.78, 5) is 19.3. The molecule has 0 spiro atoms. The predicted molar refractivity (Wildman–Crippen MR) is 126 cm³/mol. The van der Waals surface area contributed by atoms with E-state index in [1.165, 1.54) is 0 Å². The number of allylic oxidation sites excluding steroid dienone is 1. The summed E-state index contributed by atoms with van der Waals surface area (Å²) in [5.74, 6) is 0.499. The second kappa shape index (κ2) is 8.99. The fourth-order valence-electron chi connectivity index (χ4n) is 2.92. The minimum Gasteiger partial charge on any atom is -0.487 e. The van der Waals surface area contributed by atoms with Gasteiger partial charge >= 0.3 is 5.97 Å². The van der Waals surface area contributed by atoms with Crippen molar-refractivity contribution in [3.8, 4) is 5.75 Å². The van der Waals surface area contributed by atoms with Gasteiger partial charge in [-0.3, -0.25) is 0 Å². The first kappa shape index (κ1) is 20.7. The van der Waals surface area contributed by atoms with E-state index in [0.29, 0.717) is 24.5 Å². The van der Waals surface area contributed by atoms with Crippen molar-refractivity contribution in [2.75, 3.05) is 13.2 Å². The van der Waals surface area contributed by atoms with Gasteiger partial charge in [0.2, 0.25) is 0 Å². The summed E-state index contributed by atoms with van der Waals surface area (Å²) in [5.41, 5.74) is 2.26. The zero-order chi connectivity index (χ0) is 19.6. The maximum Gasteiger partial charge on any atom is 0.338 e. The molecular weight excluding hydrogens is 590 g/mol. The first-order chi connectivity index (χ1) is 13.0. The normalized spacial score (nSPS) is 18.3. The summed E-state index contributed by atoms with van der Waals surface area (Å²) >= 11 is 6.08. The molecule has 5 nitrogen and oxygen atoms in total. The highest BCUT2D eigenvalue weighted by Gasteiger charge is 2.37. The molecule has 1 atom stereocenters. The van der Waals surface area contributed by atoms with Crippen LogP contribution in [0.1, 0.15) is 25.5 Å². The minimum atomic E-state index is -0.329. The van der Waals surface area contributed by atoms with Crippen LogP contribution in [0.2, 0.25) is 0 Å². The number of nitrogens with zero attached hydrogens (tertiary/aromatic N) is 2. The Kier molecular flexibility index (Phi) is 6.90. The molecule has 0 saturated heterocycles. The Morgan fingerprint density at radius 2 is 2.11 bits per heavy atom. The smallest absolute Gasteiger partial charge is 0.338 e. The van der Waals surface area contributed by atoms with Crippen LogP contribution in [0.5, 0.6) is 5.75 Å². The quantitative estimate of drug-likeness (QED) is 0.252. The fourth-order valence-corrected chi connectivity index (χ4v) is 5.83. The van der Waals surface area contributed by atoms with E-state index < -0.39 is 0 Å². The van der Waals surface area contributed by atoms with E-state index in [2.05, 4.69) is 68.9 Å². The van der Waals surface area contributed by atoms with Crippen LogP contribution in [0.15, 0.2) is 52.7 Å². The molecule has 142 valence electrons. The summed E-state index contributed by atoms with van der Waals surface area (Å²) in [6.45, 7) is 8.15. The molecule has 0 aromatic heterocycles. The number of aliphatic imine (C=N–C) groups is 1. The number of amidine groups is 1. The van der Waals surface area contributed by atoms with Gasteiger partial charge in [0.1, 0.15) is 12.4 Å². The predicted octanol–water partition coefficient (Wildman–Crippen LogP) is 5.23. The molecular formula is C19H18I2N2O3S. The monoisotopic (exact) mass is 608 g/mol.